The topological polar surface area (TPSA) is 29.0 Å². The fraction of sp³-hybridized carbons (Fsp3) is 0.800. The minimum Gasteiger partial charge on any atom is -0.344 e. The van der Waals surface area contributed by atoms with Crippen LogP contribution in [0.3, 0.4) is 0 Å². The number of aromatic nitrogens is 2. The van der Waals surface area contributed by atoms with Gasteiger partial charge < -0.3 is 4.90 Å². The van der Waals surface area contributed by atoms with Crippen LogP contribution >= 0.6 is 23.1 Å². The Morgan fingerprint density at radius 1 is 1.60 bits per heavy atom. The number of hydrogen-bond donors (Lipinski definition) is 0. The zero-order valence-corrected chi connectivity index (χ0v) is 10.7. The first kappa shape index (κ1) is 11.1. The van der Waals surface area contributed by atoms with E-state index >= 15 is 0 Å². The van der Waals surface area contributed by atoms with Crippen LogP contribution in [0.15, 0.2) is 0 Å². The third-order valence-electron chi connectivity index (χ3n) is 3.13. The highest BCUT2D eigenvalue weighted by atomic mass is 35.5. The summed E-state index contributed by atoms with van der Waals surface area (Å²) >= 11 is 7.44. The predicted octanol–water partition coefficient (Wildman–Crippen LogP) is 2.55. The Labute approximate surface area is 99.6 Å². The number of rotatable bonds is 3. The van der Waals surface area contributed by atoms with Crippen LogP contribution in [0.2, 0.25) is 0 Å². The van der Waals surface area contributed by atoms with E-state index in [1.54, 1.807) is 0 Å². The first-order chi connectivity index (χ1) is 7.26. The van der Waals surface area contributed by atoms with Crippen molar-refractivity contribution in [1.82, 2.24) is 9.36 Å². The Morgan fingerprint density at radius 3 is 2.93 bits per heavy atom. The molecule has 0 radical (unpaired) electrons. The summed E-state index contributed by atoms with van der Waals surface area (Å²) in [6.07, 6.45) is 2.09. The summed E-state index contributed by atoms with van der Waals surface area (Å²) in [5.41, 5.74) is 0. The lowest BCUT2D eigenvalue weighted by Gasteiger charge is -2.22. The molecule has 2 unspecified atom stereocenters. The second-order valence-electron chi connectivity index (χ2n) is 3.98. The maximum absolute atomic E-state index is 5.93. The quantitative estimate of drug-likeness (QED) is 0.767. The third-order valence-corrected chi connectivity index (χ3v) is 4.32. The molecule has 1 aromatic heterocycles. The van der Waals surface area contributed by atoms with Crippen molar-refractivity contribution in [3.63, 3.8) is 0 Å². The van der Waals surface area contributed by atoms with E-state index in [-0.39, 0.29) is 0 Å². The average molecular weight is 246 g/mol. The second kappa shape index (κ2) is 4.66. The van der Waals surface area contributed by atoms with Crippen molar-refractivity contribution >= 4 is 28.3 Å². The molecule has 1 fully saturated rings. The Bertz CT molecular complexity index is 328. The SMILES string of the molecule is CCc1nsc(N2CCC(CCl)C2C)n1. The molecule has 1 aliphatic rings. The molecular formula is C10H16ClN3S. The van der Waals surface area contributed by atoms with Gasteiger partial charge in [0.25, 0.3) is 0 Å². The number of nitrogens with zero attached hydrogens (tertiary/aromatic N) is 3. The summed E-state index contributed by atoms with van der Waals surface area (Å²) in [7, 11) is 0. The van der Waals surface area contributed by atoms with Gasteiger partial charge in [0, 0.05) is 36.4 Å². The highest BCUT2D eigenvalue weighted by Crippen LogP contribution is 2.31. The predicted molar refractivity (Wildman–Crippen MR) is 64.9 cm³/mol. The molecule has 2 atom stereocenters. The summed E-state index contributed by atoms with van der Waals surface area (Å²) in [6, 6.07) is 0.500. The van der Waals surface area contributed by atoms with Gasteiger partial charge in [-0.05, 0) is 19.3 Å². The van der Waals surface area contributed by atoms with Crippen molar-refractivity contribution in [1.29, 1.82) is 0 Å². The number of hydrogen-bond acceptors (Lipinski definition) is 4. The maximum atomic E-state index is 5.93. The van der Waals surface area contributed by atoms with Gasteiger partial charge in [0.1, 0.15) is 5.82 Å². The molecule has 2 rings (SSSR count). The van der Waals surface area contributed by atoms with Crippen molar-refractivity contribution in [2.45, 2.75) is 32.7 Å². The molecule has 0 N–H and O–H groups in total. The van der Waals surface area contributed by atoms with Gasteiger partial charge in [0.05, 0.1) is 0 Å². The fourth-order valence-corrected chi connectivity index (χ4v) is 3.26. The molecular weight excluding hydrogens is 230 g/mol. The van der Waals surface area contributed by atoms with Gasteiger partial charge in [0.2, 0.25) is 5.13 Å². The van der Waals surface area contributed by atoms with Crippen molar-refractivity contribution in [3.05, 3.63) is 5.82 Å². The Hall–Kier alpha value is -0.350. The lowest BCUT2D eigenvalue weighted by molar-refractivity contribution is 0.551. The van der Waals surface area contributed by atoms with E-state index < -0.39 is 0 Å². The van der Waals surface area contributed by atoms with Crippen LogP contribution in [-0.4, -0.2) is 27.8 Å². The molecule has 1 saturated heterocycles. The molecule has 0 bridgehead atoms. The van der Waals surface area contributed by atoms with Gasteiger partial charge >= 0.3 is 0 Å². The first-order valence-electron chi connectivity index (χ1n) is 5.41. The molecule has 84 valence electrons. The summed E-state index contributed by atoms with van der Waals surface area (Å²) < 4.78 is 4.32. The third kappa shape index (κ3) is 2.11. The molecule has 1 aromatic rings. The van der Waals surface area contributed by atoms with E-state index in [0.717, 1.165) is 29.8 Å². The largest absolute Gasteiger partial charge is 0.344 e. The van der Waals surface area contributed by atoms with E-state index in [0.29, 0.717) is 12.0 Å². The van der Waals surface area contributed by atoms with E-state index in [1.165, 1.54) is 18.0 Å². The Morgan fingerprint density at radius 2 is 2.40 bits per heavy atom. The van der Waals surface area contributed by atoms with Crippen LogP contribution in [-0.2, 0) is 6.42 Å². The zero-order chi connectivity index (χ0) is 10.8. The molecule has 0 saturated carbocycles. The molecule has 0 aromatic carbocycles. The summed E-state index contributed by atoms with van der Waals surface area (Å²) in [4.78, 5) is 6.86. The average Bonchev–Trinajstić information content (AvgIpc) is 2.83. The van der Waals surface area contributed by atoms with E-state index in [1.807, 2.05) is 0 Å². The van der Waals surface area contributed by atoms with E-state index in [9.17, 15) is 0 Å². The lowest BCUT2D eigenvalue weighted by Crippen LogP contribution is -2.30. The van der Waals surface area contributed by atoms with Gasteiger partial charge in [-0.2, -0.15) is 4.37 Å². The van der Waals surface area contributed by atoms with Crippen LogP contribution in [0.1, 0.15) is 26.1 Å². The molecule has 1 aliphatic heterocycles. The van der Waals surface area contributed by atoms with E-state index in [4.69, 9.17) is 11.6 Å². The van der Waals surface area contributed by atoms with E-state index in [2.05, 4.69) is 28.1 Å². The van der Waals surface area contributed by atoms with Crippen LogP contribution < -0.4 is 4.90 Å². The minimum absolute atomic E-state index is 0.500. The van der Waals surface area contributed by atoms with Crippen LogP contribution in [0.25, 0.3) is 0 Å². The normalized spacial score (nSPS) is 26.2. The van der Waals surface area contributed by atoms with Gasteiger partial charge in [-0.15, -0.1) is 11.6 Å². The fourth-order valence-electron chi connectivity index (χ4n) is 1.99. The van der Waals surface area contributed by atoms with Crippen LogP contribution in [0, 0.1) is 5.92 Å². The highest BCUT2D eigenvalue weighted by Gasteiger charge is 2.31. The number of halogens is 1. The molecule has 0 amide bonds. The van der Waals surface area contributed by atoms with Gasteiger partial charge in [0.15, 0.2) is 0 Å². The monoisotopic (exact) mass is 245 g/mol. The minimum atomic E-state index is 0.500. The molecule has 15 heavy (non-hydrogen) atoms. The van der Waals surface area contributed by atoms with Gasteiger partial charge in [-0.1, -0.05) is 6.92 Å². The molecule has 0 spiro atoms. The summed E-state index contributed by atoms with van der Waals surface area (Å²) in [5.74, 6) is 2.30. The number of aryl methyl sites for hydroxylation is 1. The van der Waals surface area contributed by atoms with Crippen LogP contribution in [0.4, 0.5) is 5.13 Å². The summed E-state index contributed by atoms with van der Waals surface area (Å²) in [6.45, 7) is 5.38. The standard InChI is InChI=1S/C10H16ClN3S/c1-3-9-12-10(15-13-9)14-5-4-8(6-11)7(14)2/h7-8H,3-6H2,1-2H3. The van der Waals surface area contributed by atoms with Crippen molar-refractivity contribution in [2.24, 2.45) is 5.92 Å². The Balaban J connectivity index is 2.11. The number of alkyl halides is 1. The van der Waals surface area contributed by atoms with Crippen molar-refractivity contribution in [3.8, 4) is 0 Å². The highest BCUT2D eigenvalue weighted by molar-refractivity contribution is 7.09. The maximum Gasteiger partial charge on any atom is 0.205 e. The van der Waals surface area contributed by atoms with Gasteiger partial charge in [-0.3, -0.25) is 0 Å². The first-order valence-corrected chi connectivity index (χ1v) is 6.72. The second-order valence-corrected chi connectivity index (χ2v) is 5.02. The Kier molecular flexibility index (Phi) is 3.46. The summed E-state index contributed by atoms with van der Waals surface area (Å²) in [5, 5.41) is 1.06. The number of anilines is 1. The molecule has 3 nitrogen and oxygen atoms in total. The van der Waals surface area contributed by atoms with Crippen molar-refractivity contribution < 1.29 is 0 Å². The molecule has 5 heteroatoms. The van der Waals surface area contributed by atoms with Crippen molar-refractivity contribution in [2.75, 3.05) is 17.3 Å². The molecule has 2 heterocycles. The van der Waals surface area contributed by atoms with Crippen LogP contribution in [0.5, 0.6) is 0 Å². The van der Waals surface area contributed by atoms with Gasteiger partial charge in [-0.25, -0.2) is 4.98 Å². The molecule has 0 aliphatic carbocycles. The lowest BCUT2D eigenvalue weighted by atomic mass is 10.1. The zero-order valence-electron chi connectivity index (χ0n) is 9.11. The smallest absolute Gasteiger partial charge is 0.205 e.